The summed E-state index contributed by atoms with van der Waals surface area (Å²) in [5.41, 5.74) is -23.8. The van der Waals surface area contributed by atoms with E-state index in [4.69, 9.17) is 0 Å². The summed E-state index contributed by atoms with van der Waals surface area (Å²) in [6.07, 6.45) is 2.44. The Labute approximate surface area is 494 Å². The van der Waals surface area contributed by atoms with Crippen LogP contribution in [0.15, 0.2) is 82.6 Å². The van der Waals surface area contributed by atoms with Crippen molar-refractivity contribution < 1.29 is 95.9 Å². The summed E-state index contributed by atoms with van der Waals surface area (Å²) in [5, 5.41) is 0. The molecule has 9 aromatic rings. The molecular formula is C60H30F18N6O4S2. The average molecular weight is 1310 g/mol. The molecule has 2 N–H and O–H groups in total. The van der Waals surface area contributed by atoms with Crippen molar-refractivity contribution in [2.75, 3.05) is 22.7 Å². The first-order valence-electron chi connectivity index (χ1n) is 25.4. The number of halogens is 18. The van der Waals surface area contributed by atoms with E-state index in [0.717, 1.165) is 24.3 Å². The Kier molecular flexibility index (Phi) is 15.1. The number of hydrogen-bond acceptors (Lipinski definition) is 6. The Balaban J connectivity index is 1.33. The Bertz CT molecular complexity index is 4720. The van der Waals surface area contributed by atoms with Crippen molar-refractivity contribution in [2.45, 2.75) is 23.6 Å². The van der Waals surface area contributed by atoms with Gasteiger partial charge >= 0.3 is 0 Å². The Hall–Kier alpha value is -9.84. The SMILES string of the molecule is Cc1ccc(S(=O)(=O)N(C)c2c(F)c(F)c(-c3c4nc(c(-c5c(F)c(F)c(N(C)S(=O)(=O)c6ccc(C)cc6)c(F)c5F)c5ccc([nH]5)c(-c5c(F)c(F)c(F)c(F)c5F)c5nc(c(-c6c(F)c(F)c(F)c(F)c6F)c6ccc3[nH]6)C=C5)C=C4)c(F)c2F)cc1. The molecular weight excluding hydrogens is 1270 g/mol. The lowest BCUT2D eigenvalue weighted by Gasteiger charge is -2.22. The molecule has 2 aliphatic heterocycles. The monoisotopic (exact) mass is 1300 g/mol. The minimum Gasteiger partial charge on any atom is -0.354 e. The molecule has 6 aromatic carbocycles. The number of nitrogens with one attached hydrogen (secondary N) is 2. The summed E-state index contributed by atoms with van der Waals surface area (Å²) in [5.74, 6) is -46.4. The predicted molar refractivity (Wildman–Crippen MR) is 293 cm³/mol. The number of aryl methyl sites for hydroxylation is 2. The Morgan fingerprint density at radius 1 is 0.289 bits per heavy atom. The van der Waals surface area contributed by atoms with Gasteiger partial charge in [0.05, 0.1) is 54.8 Å². The molecule has 0 fully saturated rings. The number of hydrogen-bond donors (Lipinski definition) is 2. The van der Waals surface area contributed by atoms with Crippen molar-refractivity contribution in [3.8, 4) is 44.5 Å². The number of aromatic nitrogens is 4. The molecule has 8 bridgehead atoms. The van der Waals surface area contributed by atoms with E-state index in [0.29, 0.717) is 73.8 Å². The van der Waals surface area contributed by atoms with Gasteiger partial charge in [0.1, 0.15) is 11.4 Å². The highest BCUT2D eigenvalue weighted by Gasteiger charge is 2.39. The van der Waals surface area contributed by atoms with Crippen LogP contribution in [0.4, 0.5) is 90.4 Å². The van der Waals surface area contributed by atoms with Gasteiger partial charge in [-0.2, -0.15) is 0 Å². The van der Waals surface area contributed by atoms with Crippen molar-refractivity contribution in [1.82, 2.24) is 19.9 Å². The molecule has 0 unspecified atom stereocenters. The maximum atomic E-state index is 17.3. The van der Waals surface area contributed by atoms with Crippen molar-refractivity contribution in [3.05, 3.63) is 211 Å². The first kappa shape index (κ1) is 61.8. The third kappa shape index (κ3) is 9.43. The fraction of sp³-hybridized carbons (Fsp3) is 0.0667. The topological polar surface area (TPSA) is 132 Å². The highest BCUT2D eigenvalue weighted by molar-refractivity contribution is 7.93. The van der Waals surface area contributed by atoms with Crippen LogP contribution in [0.2, 0.25) is 0 Å². The van der Waals surface area contributed by atoms with Gasteiger partial charge in [-0.15, -0.1) is 0 Å². The van der Waals surface area contributed by atoms with Crippen LogP contribution >= 0.6 is 0 Å². The number of H-pyrrole nitrogens is 2. The lowest BCUT2D eigenvalue weighted by molar-refractivity contribution is 0.381. The van der Waals surface area contributed by atoms with Gasteiger partial charge in [-0.3, -0.25) is 8.61 Å². The van der Waals surface area contributed by atoms with E-state index < -0.39 is 235 Å². The molecule has 90 heavy (non-hydrogen) atoms. The molecule has 0 amide bonds. The zero-order valence-corrected chi connectivity index (χ0v) is 46.9. The summed E-state index contributed by atoms with van der Waals surface area (Å²) >= 11 is 0. The molecule has 3 aromatic heterocycles. The zero-order chi connectivity index (χ0) is 65.4. The molecule has 10 nitrogen and oxygen atoms in total. The second kappa shape index (κ2) is 22.0. The molecule has 0 saturated heterocycles. The van der Waals surface area contributed by atoms with Gasteiger partial charge in [0.25, 0.3) is 20.0 Å². The molecule has 2 aliphatic rings. The Morgan fingerprint density at radius 3 is 0.711 bits per heavy atom. The smallest absolute Gasteiger partial charge is 0.264 e. The predicted octanol–water partition coefficient (Wildman–Crippen LogP) is 16.1. The first-order valence-corrected chi connectivity index (χ1v) is 28.2. The third-order valence-electron chi connectivity index (χ3n) is 14.6. The van der Waals surface area contributed by atoms with Gasteiger partial charge in [0.2, 0.25) is 11.6 Å². The minimum absolute atomic E-state index is 0.178. The van der Waals surface area contributed by atoms with Crippen LogP contribution < -0.4 is 8.61 Å². The molecule has 462 valence electrons. The van der Waals surface area contributed by atoms with E-state index in [2.05, 4.69) is 19.9 Å². The second-order valence-electron chi connectivity index (χ2n) is 19.9. The maximum absolute atomic E-state index is 17.3. The lowest BCUT2D eigenvalue weighted by Crippen LogP contribution is -2.29. The van der Waals surface area contributed by atoms with Gasteiger partial charge in [0, 0.05) is 58.4 Å². The Morgan fingerprint density at radius 2 is 0.489 bits per heavy atom. The number of nitrogens with zero attached hydrogens (tertiary/aromatic N) is 4. The van der Waals surface area contributed by atoms with Gasteiger partial charge < -0.3 is 9.97 Å². The van der Waals surface area contributed by atoms with E-state index in [9.17, 15) is 25.6 Å². The molecule has 11 rings (SSSR count). The van der Waals surface area contributed by atoms with E-state index in [1.807, 2.05) is 0 Å². The summed E-state index contributed by atoms with van der Waals surface area (Å²) in [4.78, 5) is 11.5. The van der Waals surface area contributed by atoms with Crippen molar-refractivity contribution in [1.29, 1.82) is 0 Å². The van der Waals surface area contributed by atoms with Crippen LogP contribution in [0.25, 0.3) is 90.9 Å². The molecule has 5 heterocycles. The normalized spacial score (nSPS) is 12.4. The van der Waals surface area contributed by atoms with Crippen LogP contribution in [-0.2, 0) is 20.0 Å². The number of fused-ring (bicyclic) bond motifs is 8. The maximum Gasteiger partial charge on any atom is 0.264 e. The van der Waals surface area contributed by atoms with E-state index in [1.165, 1.54) is 38.1 Å². The molecule has 0 aliphatic carbocycles. The highest BCUT2D eigenvalue weighted by atomic mass is 32.2. The number of rotatable bonds is 10. The lowest BCUT2D eigenvalue weighted by atomic mass is 10.0. The average Bonchev–Trinajstić information content (AvgIpc) is 1.33. The quantitative estimate of drug-likeness (QED) is 0.0796. The van der Waals surface area contributed by atoms with Crippen LogP contribution in [0, 0.1) is 119 Å². The summed E-state index contributed by atoms with van der Waals surface area (Å²) < 4.78 is 346. The van der Waals surface area contributed by atoms with Crippen LogP contribution in [0.3, 0.4) is 0 Å². The van der Waals surface area contributed by atoms with E-state index in [1.54, 1.807) is 0 Å². The molecule has 0 spiro atoms. The minimum atomic E-state index is -5.11. The van der Waals surface area contributed by atoms with Crippen LogP contribution in [-0.4, -0.2) is 50.9 Å². The van der Waals surface area contributed by atoms with Gasteiger partial charge in [-0.1, -0.05) is 35.4 Å². The van der Waals surface area contributed by atoms with Crippen molar-refractivity contribution >= 4 is 77.8 Å². The van der Waals surface area contributed by atoms with Gasteiger partial charge in [-0.25, -0.2) is 106 Å². The van der Waals surface area contributed by atoms with Crippen molar-refractivity contribution in [3.63, 3.8) is 0 Å². The van der Waals surface area contributed by atoms with Gasteiger partial charge in [-0.05, 0) is 86.7 Å². The number of aromatic amines is 2. The molecule has 0 atom stereocenters. The van der Waals surface area contributed by atoms with Crippen LogP contribution in [0.1, 0.15) is 33.9 Å². The molecule has 30 heteroatoms. The van der Waals surface area contributed by atoms with E-state index >= 15 is 70.2 Å². The highest BCUT2D eigenvalue weighted by Crippen LogP contribution is 2.47. The van der Waals surface area contributed by atoms with Crippen LogP contribution in [0.5, 0.6) is 0 Å². The van der Waals surface area contributed by atoms with Gasteiger partial charge in [0.15, 0.2) is 93.1 Å². The number of sulfonamides is 2. The standard InChI is InChI=1S/C60H30F18N6O4S2/c1-21-5-9-23(10-6-21)89(85,86)83(3)59-55(75)45(65)39(46(66)56(59)76)35-29-17-15-27(80-29)33(37-41(61)49(69)53(73)50(70)42(37)62)25-13-14-26(79-25)34(38-43(63)51(71)54(74)52(72)44(38)64)28-16-18-30(81-28)36(32-20-19-31(35)82-32)40-47(67)57(77)60(58(78)48(40)68)84(4)90(87,88)24-11-7-22(2)8-12-24/h5-20,80-81H,1-4H3. The number of anilines is 2. The largest absolute Gasteiger partial charge is 0.354 e. The second-order valence-corrected chi connectivity index (χ2v) is 23.9. The first-order chi connectivity index (χ1) is 42.3. The number of benzene rings is 6. The summed E-state index contributed by atoms with van der Waals surface area (Å²) in [7, 11) is -9.22. The zero-order valence-electron chi connectivity index (χ0n) is 45.3. The fourth-order valence-electron chi connectivity index (χ4n) is 10.1. The summed E-state index contributed by atoms with van der Waals surface area (Å²) in [6, 6.07) is 11.5. The van der Waals surface area contributed by atoms with Crippen molar-refractivity contribution in [2.24, 2.45) is 0 Å². The van der Waals surface area contributed by atoms with E-state index in [-0.39, 0.29) is 8.61 Å². The summed E-state index contributed by atoms with van der Waals surface area (Å²) in [6.45, 7) is 3.08. The molecule has 0 saturated carbocycles. The fourth-order valence-corrected chi connectivity index (χ4v) is 12.5. The third-order valence-corrected chi connectivity index (χ3v) is 18.2. The molecule has 0 radical (unpaired) electrons.